The molecule has 0 aromatic heterocycles. The van der Waals surface area contributed by atoms with Crippen LogP contribution < -0.4 is 10.5 Å². The predicted molar refractivity (Wildman–Crippen MR) is 82.9 cm³/mol. The Labute approximate surface area is 120 Å². The molecule has 0 bridgehead atoms. The van der Waals surface area contributed by atoms with Crippen LogP contribution >= 0.6 is 11.8 Å². The van der Waals surface area contributed by atoms with Crippen molar-refractivity contribution in [2.75, 3.05) is 37.7 Å². The van der Waals surface area contributed by atoms with Gasteiger partial charge in [0.2, 0.25) is 0 Å². The molecule has 1 aromatic rings. The van der Waals surface area contributed by atoms with E-state index in [1.54, 1.807) is 0 Å². The van der Waals surface area contributed by atoms with E-state index >= 15 is 0 Å². The molecule has 1 atom stereocenters. The summed E-state index contributed by atoms with van der Waals surface area (Å²) < 4.78 is 5.71. The average molecular weight is 280 g/mol. The zero-order chi connectivity index (χ0) is 13.5. The van der Waals surface area contributed by atoms with Crippen LogP contribution in [0.5, 0.6) is 5.75 Å². The molecule has 1 aliphatic rings. The van der Waals surface area contributed by atoms with Crippen molar-refractivity contribution in [3.63, 3.8) is 0 Å². The Balaban J connectivity index is 2.08. The topological polar surface area (TPSA) is 38.5 Å². The van der Waals surface area contributed by atoms with Gasteiger partial charge in [0.15, 0.2) is 0 Å². The summed E-state index contributed by atoms with van der Waals surface area (Å²) in [6, 6.07) is 8.74. The molecule has 0 spiro atoms. The summed E-state index contributed by atoms with van der Waals surface area (Å²) in [5.74, 6) is 3.38. The molecule has 2 rings (SSSR count). The van der Waals surface area contributed by atoms with Gasteiger partial charge in [-0.1, -0.05) is 19.1 Å². The van der Waals surface area contributed by atoms with Crippen LogP contribution in [0.25, 0.3) is 0 Å². The Morgan fingerprint density at radius 2 is 2.16 bits per heavy atom. The van der Waals surface area contributed by atoms with Crippen LogP contribution in [0.3, 0.4) is 0 Å². The van der Waals surface area contributed by atoms with Gasteiger partial charge >= 0.3 is 0 Å². The fraction of sp³-hybridized carbons (Fsp3) is 0.600. The van der Waals surface area contributed by atoms with Crippen molar-refractivity contribution >= 4 is 11.8 Å². The molecule has 3 nitrogen and oxygen atoms in total. The highest BCUT2D eigenvalue weighted by Crippen LogP contribution is 2.26. The Morgan fingerprint density at radius 3 is 2.84 bits per heavy atom. The van der Waals surface area contributed by atoms with Gasteiger partial charge in [-0.25, -0.2) is 0 Å². The fourth-order valence-electron chi connectivity index (χ4n) is 2.42. The summed E-state index contributed by atoms with van der Waals surface area (Å²) in [6.45, 7) is 5.83. The first-order chi connectivity index (χ1) is 9.35. The van der Waals surface area contributed by atoms with E-state index in [-0.39, 0.29) is 0 Å². The molecule has 4 heteroatoms. The van der Waals surface area contributed by atoms with Crippen molar-refractivity contribution in [2.24, 2.45) is 5.73 Å². The van der Waals surface area contributed by atoms with Crippen LogP contribution in [0.15, 0.2) is 24.3 Å². The molecule has 0 aliphatic carbocycles. The number of nitrogens with zero attached hydrogens (tertiary/aromatic N) is 1. The van der Waals surface area contributed by atoms with E-state index in [1.165, 1.54) is 17.1 Å². The Morgan fingerprint density at radius 1 is 1.37 bits per heavy atom. The third-order valence-corrected chi connectivity index (χ3v) is 4.37. The smallest absolute Gasteiger partial charge is 0.119 e. The number of benzene rings is 1. The highest BCUT2D eigenvalue weighted by Gasteiger charge is 2.21. The van der Waals surface area contributed by atoms with E-state index in [4.69, 9.17) is 10.5 Å². The van der Waals surface area contributed by atoms with Crippen LogP contribution in [0.4, 0.5) is 0 Å². The van der Waals surface area contributed by atoms with Gasteiger partial charge in [-0.15, -0.1) is 0 Å². The van der Waals surface area contributed by atoms with Gasteiger partial charge in [0.1, 0.15) is 5.75 Å². The summed E-state index contributed by atoms with van der Waals surface area (Å²) >= 11 is 2.03. The monoisotopic (exact) mass is 280 g/mol. The van der Waals surface area contributed by atoms with E-state index in [0.717, 1.165) is 31.9 Å². The molecule has 1 saturated heterocycles. The highest BCUT2D eigenvalue weighted by atomic mass is 32.2. The highest BCUT2D eigenvalue weighted by molar-refractivity contribution is 7.99. The third kappa shape index (κ3) is 4.13. The minimum absolute atomic E-state index is 0.325. The summed E-state index contributed by atoms with van der Waals surface area (Å²) in [5.41, 5.74) is 7.28. The normalized spacial score (nSPS) is 18.2. The predicted octanol–water partition coefficient (Wildman–Crippen LogP) is 2.52. The standard InChI is InChI=1S/C15H24N2OS/c1-2-8-18-14-5-3-4-13(11-14)15(12-16)17-6-9-19-10-7-17/h3-5,11,15H,2,6-10,12,16H2,1H3. The van der Waals surface area contributed by atoms with Crippen molar-refractivity contribution in [1.82, 2.24) is 4.90 Å². The van der Waals surface area contributed by atoms with Crippen LogP contribution in [-0.4, -0.2) is 42.6 Å². The Bertz CT molecular complexity index is 380. The van der Waals surface area contributed by atoms with Gasteiger partial charge < -0.3 is 10.5 Å². The zero-order valence-electron chi connectivity index (χ0n) is 11.7. The third-order valence-electron chi connectivity index (χ3n) is 3.43. The largest absolute Gasteiger partial charge is 0.494 e. The first-order valence-corrected chi connectivity index (χ1v) is 8.25. The SMILES string of the molecule is CCCOc1cccc(C(CN)N2CCSCC2)c1. The summed E-state index contributed by atoms with van der Waals surface area (Å²) in [5, 5.41) is 0. The maximum Gasteiger partial charge on any atom is 0.119 e. The summed E-state index contributed by atoms with van der Waals surface area (Å²) in [7, 11) is 0. The maximum atomic E-state index is 6.00. The summed E-state index contributed by atoms with van der Waals surface area (Å²) in [4.78, 5) is 2.50. The molecule has 1 aromatic carbocycles. The van der Waals surface area contributed by atoms with Gasteiger partial charge in [-0.2, -0.15) is 11.8 Å². The molecule has 0 radical (unpaired) electrons. The van der Waals surface area contributed by atoms with Gasteiger partial charge in [-0.05, 0) is 24.1 Å². The number of nitrogens with two attached hydrogens (primary N) is 1. The lowest BCUT2D eigenvalue weighted by Gasteiger charge is -2.34. The number of hydrogen-bond acceptors (Lipinski definition) is 4. The number of thioether (sulfide) groups is 1. The first-order valence-electron chi connectivity index (χ1n) is 7.09. The van der Waals surface area contributed by atoms with Crippen molar-refractivity contribution in [1.29, 1.82) is 0 Å². The molecule has 2 N–H and O–H groups in total. The van der Waals surface area contributed by atoms with Crippen LogP contribution in [0.1, 0.15) is 24.9 Å². The van der Waals surface area contributed by atoms with E-state index in [9.17, 15) is 0 Å². The van der Waals surface area contributed by atoms with Gasteiger partial charge in [-0.3, -0.25) is 4.90 Å². The van der Waals surface area contributed by atoms with Crippen molar-refractivity contribution in [2.45, 2.75) is 19.4 Å². The lowest BCUT2D eigenvalue weighted by Crippen LogP contribution is -2.39. The Hall–Kier alpha value is -0.710. The van der Waals surface area contributed by atoms with Crippen molar-refractivity contribution in [3.05, 3.63) is 29.8 Å². The number of hydrogen-bond donors (Lipinski definition) is 1. The second kappa shape index (κ2) is 7.78. The molecule has 1 fully saturated rings. The minimum atomic E-state index is 0.325. The first kappa shape index (κ1) is 14.7. The Kier molecular flexibility index (Phi) is 6.01. The van der Waals surface area contributed by atoms with Crippen molar-refractivity contribution < 1.29 is 4.74 Å². The van der Waals surface area contributed by atoms with Crippen molar-refractivity contribution in [3.8, 4) is 5.75 Å². The quantitative estimate of drug-likeness (QED) is 0.869. The van der Waals surface area contributed by atoms with E-state index in [1.807, 2.05) is 17.8 Å². The molecular formula is C15H24N2OS. The molecule has 1 aliphatic heterocycles. The number of rotatable bonds is 6. The van der Waals surface area contributed by atoms with Gasteiger partial charge in [0, 0.05) is 37.2 Å². The molecule has 1 heterocycles. The molecular weight excluding hydrogens is 256 g/mol. The van der Waals surface area contributed by atoms with Gasteiger partial charge in [0.05, 0.1) is 6.61 Å². The second-order valence-electron chi connectivity index (χ2n) is 4.82. The van der Waals surface area contributed by atoms with Crippen LogP contribution in [0.2, 0.25) is 0 Å². The molecule has 19 heavy (non-hydrogen) atoms. The maximum absolute atomic E-state index is 6.00. The fourth-order valence-corrected chi connectivity index (χ4v) is 3.35. The molecule has 0 saturated carbocycles. The van der Waals surface area contributed by atoms with E-state index in [0.29, 0.717) is 12.6 Å². The van der Waals surface area contributed by atoms with Crippen LogP contribution in [0, 0.1) is 0 Å². The van der Waals surface area contributed by atoms with E-state index < -0.39 is 0 Å². The lowest BCUT2D eigenvalue weighted by molar-refractivity contribution is 0.222. The minimum Gasteiger partial charge on any atom is -0.494 e. The molecule has 106 valence electrons. The lowest BCUT2D eigenvalue weighted by atomic mass is 10.0. The summed E-state index contributed by atoms with van der Waals surface area (Å²) in [6.07, 6.45) is 1.04. The van der Waals surface area contributed by atoms with Gasteiger partial charge in [0.25, 0.3) is 0 Å². The van der Waals surface area contributed by atoms with E-state index in [2.05, 4.69) is 30.0 Å². The number of ether oxygens (including phenoxy) is 1. The van der Waals surface area contributed by atoms with Crippen LogP contribution in [-0.2, 0) is 0 Å². The molecule has 1 unspecified atom stereocenters. The second-order valence-corrected chi connectivity index (χ2v) is 6.05. The average Bonchev–Trinajstić information content (AvgIpc) is 2.47. The molecule has 0 amide bonds. The zero-order valence-corrected chi connectivity index (χ0v) is 12.5.